The molecule has 0 fully saturated rings. The number of carboxylic acid groups (broad SMARTS) is 1. The van der Waals surface area contributed by atoms with Gasteiger partial charge in [0.25, 0.3) is 0 Å². The van der Waals surface area contributed by atoms with Gasteiger partial charge >= 0.3 is 5.97 Å². The zero-order valence-electron chi connectivity index (χ0n) is 13.6. The van der Waals surface area contributed by atoms with Crippen LogP contribution < -0.4 is 5.32 Å². The minimum atomic E-state index is -1.09. The Balaban J connectivity index is 2.52. The van der Waals surface area contributed by atoms with Crippen LogP contribution >= 0.6 is 0 Å². The minimum absolute atomic E-state index is 0.00605. The molecule has 1 aromatic rings. The van der Waals surface area contributed by atoms with E-state index in [1.54, 1.807) is 4.90 Å². The average molecular weight is 320 g/mol. The van der Waals surface area contributed by atoms with Gasteiger partial charge in [-0.1, -0.05) is 30.3 Å². The van der Waals surface area contributed by atoms with Crippen LogP contribution in [0.5, 0.6) is 0 Å². The molecule has 0 aromatic heterocycles. The van der Waals surface area contributed by atoms with E-state index < -0.39 is 17.9 Å². The molecule has 23 heavy (non-hydrogen) atoms. The van der Waals surface area contributed by atoms with Crippen LogP contribution in [0.15, 0.2) is 30.3 Å². The molecule has 0 radical (unpaired) electrons. The molecule has 2 amide bonds. The van der Waals surface area contributed by atoms with E-state index in [9.17, 15) is 19.5 Å². The predicted octanol–water partition coefficient (Wildman–Crippen LogP) is 1.45. The Morgan fingerprint density at radius 1 is 1.09 bits per heavy atom. The number of carbonyl (C=O) groups excluding carboxylic acids is 2. The first kappa shape index (κ1) is 18.7. The standard InChI is InChI=1S/C17H24N2O4/c1-3-19(4-2)16(21)11-10-15(20)18-14(17(22)23)12-13-8-6-5-7-9-13/h5-9,14H,3-4,10-12H2,1-2H3,(H,18,20)(H,22,23)/t14-/m0/s1. The maximum absolute atomic E-state index is 11.9. The number of nitrogens with one attached hydrogen (secondary N) is 1. The smallest absolute Gasteiger partial charge is 0.326 e. The molecule has 0 saturated carbocycles. The quantitative estimate of drug-likeness (QED) is 0.721. The lowest BCUT2D eigenvalue weighted by molar-refractivity contribution is -0.141. The molecule has 1 rings (SSSR count). The van der Waals surface area contributed by atoms with Crippen LogP contribution in [0.25, 0.3) is 0 Å². The fraction of sp³-hybridized carbons (Fsp3) is 0.471. The predicted molar refractivity (Wildman–Crippen MR) is 86.9 cm³/mol. The van der Waals surface area contributed by atoms with Crippen LogP contribution in [0.3, 0.4) is 0 Å². The Morgan fingerprint density at radius 3 is 2.22 bits per heavy atom. The number of carbonyl (C=O) groups is 3. The highest BCUT2D eigenvalue weighted by Crippen LogP contribution is 2.05. The summed E-state index contributed by atoms with van der Waals surface area (Å²) < 4.78 is 0. The van der Waals surface area contributed by atoms with E-state index >= 15 is 0 Å². The molecule has 0 aliphatic heterocycles. The third kappa shape index (κ3) is 6.50. The largest absolute Gasteiger partial charge is 0.480 e. The van der Waals surface area contributed by atoms with E-state index in [-0.39, 0.29) is 25.2 Å². The summed E-state index contributed by atoms with van der Waals surface area (Å²) in [6.45, 7) is 4.95. The van der Waals surface area contributed by atoms with Crippen LogP contribution in [-0.4, -0.2) is 46.9 Å². The first-order valence-corrected chi connectivity index (χ1v) is 7.81. The second-order valence-electron chi connectivity index (χ2n) is 5.21. The summed E-state index contributed by atoms with van der Waals surface area (Å²) in [5.74, 6) is -1.61. The summed E-state index contributed by atoms with van der Waals surface area (Å²) in [5, 5.41) is 11.7. The van der Waals surface area contributed by atoms with Gasteiger partial charge in [0.2, 0.25) is 11.8 Å². The van der Waals surface area contributed by atoms with E-state index in [1.807, 2.05) is 44.2 Å². The Bertz CT molecular complexity index is 527. The first-order valence-electron chi connectivity index (χ1n) is 7.81. The lowest BCUT2D eigenvalue weighted by Crippen LogP contribution is -2.42. The number of amides is 2. The van der Waals surface area contributed by atoms with Gasteiger partial charge in [0.15, 0.2) is 0 Å². The SMILES string of the molecule is CCN(CC)C(=O)CCC(=O)N[C@@H](Cc1ccccc1)C(=O)O. The number of benzene rings is 1. The summed E-state index contributed by atoms with van der Waals surface area (Å²) in [5.41, 5.74) is 0.833. The molecule has 6 nitrogen and oxygen atoms in total. The van der Waals surface area contributed by atoms with Crippen molar-refractivity contribution in [2.75, 3.05) is 13.1 Å². The van der Waals surface area contributed by atoms with Gasteiger partial charge in [-0.05, 0) is 19.4 Å². The van der Waals surface area contributed by atoms with Gasteiger partial charge in [0.1, 0.15) is 6.04 Å². The molecule has 0 aliphatic rings. The number of carboxylic acids is 1. The summed E-state index contributed by atoms with van der Waals surface area (Å²) in [7, 11) is 0. The molecule has 0 unspecified atom stereocenters. The molecule has 0 spiro atoms. The van der Waals surface area contributed by atoms with E-state index in [1.165, 1.54) is 0 Å². The fourth-order valence-electron chi connectivity index (χ4n) is 2.27. The molecule has 0 bridgehead atoms. The molecule has 1 atom stereocenters. The summed E-state index contributed by atoms with van der Waals surface area (Å²) in [6.07, 6.45) is 0.297. The Morgan fingerprint density at radius 2 is 1.70 bits per heavy atom. The number of aliphatic carboxylic acids is 1. The Hall–Kier alpha value is -2.37. The van der Waals surface area contributed by atoms with Crippen molar-refractivity contribution in [1.29, 1.82) is 0 Å². The minimum Gasteiger partial charge on any atom is -0.480 e. The molecule has 0 saturated heterocycles. The van der Waals surface area contributed by atoms with Crippen LogP contribution in [0.2, 0.25) is 0 Å². The van der Waals surface area contributed by atoms with E-state index in [0.29, 0.717) is 13.1 Å². The molecular formula is C17H24N2O4. The number of nitrogens with zero attached hydrogens (tertiary/aromatic N) is 1. The summed E-state index contributed by atoms with van der Waals surface area (Å²) >= 11 is 0. The van der Waals surface area contributed by atoms with Crippen LogP contribution in [0, 0.1) is 0 Å². The number of hydrogen-bond acceptors (Lipinski definition) is 3. The van der Waals surface area contributed by atoms with Gasteiger partial charge in [0.05, 0.1) is 0 Å². The van der Waals surface area contributed by atoms with Gasteiger partial charge in [-0.3, -0.25) is 9.59 Å². The van der Waals surface area contributed by atoms with Crippen LogP contribution in [0.1, 0.15) is 32.3 Å². The van der Waals surface area contributed by atoms with Crippen molar-refractivity contribution < 1.29 is 19.5 Å². The fourth-order valence-corrected chi connectivity index (χ4v) is 2.27. The zero-order chi connectivity index (χ0) is 17.2. The van der Waals surface area contributed by atoms with Crippen molar-refractivity contribution in [3.63, 3.8) is 0 Å². The van der Waals surface area contributed by atoms with Crippen molar-refractivity contribution in [2.24, 2.45) is 0 Å². The lowest BCUT2D eigenvalue weighted by atomic mass is 10.1. The van der Waals surface area contributed by atoms with Crippen molar-refractivity contribution in [1.82, 2.24) is 10.2 Å². The molecule has 1 aromatic carbocycles. The molecule has 0 aliphatic carbocycles. The Labute approximate surface area is 136 Å². The normalized spacial score (nSPS) is 11.6. The molecule has 126 valence electrons. The van der Waals surface area contributed by atoms with E-state index in [0.717, 1.165) is 5.56 Å². The van der Waals surface area contributed by atoms with Crippen molar-refractivity contribution >= 4 is 17.8 Å². The second kappa shape index (κ2) is 9.61. The van der Waals surface area contributed by atoms with Crippen LogP contribution in [0.4, 0.5) is 0 Å². The number of rotatable bonds is 9. The summed E-state index contributed by atoms with van der Waals surface area (Å²) in [4.78, 5) is 36.7. The third-order valence-corrected chi connectivity index (χ3v) is 3.60. The first-order chi connectivity index (χ1) is 11.0. The van der Waals surface area contributed by atoms with E-state index in [4.69, 9.17) is 0 Å². The summed E-state index contributed by atoms with van der Waals surface area (Å²) in [6, 6.07) is 8.11. The van der Waals surface area contributed by atoms with Gasteiger partial charge in [-0.15, -0.1) is 0 Å². The van der Waals surface area contributed by atoms with Gasteiger partial charge < -0.3 is 15.3 Å². The highest BCUT2D eigenvalue weighted by atomic mass is 16.4. The topological polar surface area (TPSA) is 86.7 Å². The van der Waals surface area contributed by atoms with Crippen molar-refractivity contribution in [3.05, 3.63) is 35.9 Å². The maximum atomic E-state index is 11.9. The van der Waals surface area contributed by atoms with Crippen molar-refractivity contribution in [2.45, 2.75) is 39.2 Å². The molecule has 2 N–H and O–H groups in total. The monoisotopic (exact) mass is 320 g/mol. The maximum Gasteiger partial charge on any atom is 0.326 e. The molecule has 0 heterocycles. The van der Waals surface area contributed by atoms with Gasteiger partial charge in [-0.25, -0.2) is 4.79 Å². The number of hydrogen-bond donors (Lipinski definition) is 2. The van der Waals surface area contributed by atoms with Gasteiger partial charge in [0, 0.05) is 32.4 Å². The van der Waals surface area contributed by atoms with E-state index in [2.05, 4.69) is 5.32 Å². The lowest BCUT2D eigenvalue weighted by Gasteiger charge is -2.19. The average Bonchev–Trinajstić information content (AvgIpc) is 2.54. The Kier molecular flexibility index (Phi) is 7.80. The molecular weight excluding hydrogens is 296 g/mol. The highest BCUT2D eigenvalue weighted by Gasteiger charge is 2.21. The van der Waals surface area contributed by atoms with Gasteiger partial charge in [-0.2, -0.15) is 0 Å². The van der Waals surface area contributed by atoms with Crippen molar-refractivity contribution in [3.8, 4) is 0 Å². The third-order valence-electron chi connectivity index (χ3n) is 3.60. The zero-order valence-corrected chi connectivity index (χ0v) is 13.6. The second-order valence-corrected chi connectivity index (χ2v) is 5.21. The molecule has 6 heteroatoms. The highest BCUT2D eigenvalue weighted by molar-refractivity contribution is 5.87. The van der Waals surface area contributed by atoms with Crippen LogP contribution in [-0.2, 0) is 20.8 Å².